The van der Waals surface area contributed by atoms with Crippen LogP contribution in [0.3, 0.4) is 0 Å². The van der Waals surface area contributed by atoms with Crippen molar-refractivity contribution in [2.75, 3.05) is 38.0 Å². The third kappa shape index (κ3) is 4.60. The van der Waals surface area contributed by atoms with Crippen molar-refractivity contribution < 1.29 is 9.59 Å². The molecule has 0 unspecified atom stereocenters. The summed E-state index contributed by atoms with van der Waals surface area (Å²) in [4.78, 5) is 29.1. The number of piperidine rings is 1. The fraction of sp³-hybridized carbons (Fsp3) is 0.600. The predicted octanol–water partition coefficient (Wildman–Crippen LogP) is 2.58. The molecule has 5 heteroatoms. The summed E-state index contributed by atoms with van der Waals surface area (Å²) < 4.78 is 0. The zero-order valence-electron chi connectivity index (χ0n) is 15.4. The van der Waals surface area contributed by atoms with Gasteiger partial charge in [-0.3, -0.25) is 14.5 Å². The molecule has 25 heavy (non-hydrogen) atoms. The summed E-state index contributed by atoms with van der Waals surface area (Å²) in [7, 11) is 0. The van der Waals surface area contributed by atoms with E-state index in [0.29, 0.717) is 13.1 Å². The molecule has 1 atom stereocenters. The van der Waals surface area contributed by atoms with Gasteiger partial charge in [0, 0.05) is 25.3 Å². The monoisotopic (exact) mass is 343 g/mol. The van der Waals surface area contributed by atoms with Crippen LogP contribution in [0.2, 0.25) is 0 Å². The Morgan fingerprint density at radius 2 is 1.84 bits per heavy atom. The number of carbonyl (C=O) groups is 2. The van der Waals surface area contributed by atoms with Crippen molar-refractivity contribution in [3.8, 4) is 0 Å². The highest BCUT2D eigenvalue weighted by Gasteiger charge is 2.30. The van der Waals surface area contributed by atoms with E-state index in [2.05, 4.69) is 17.1 Å². The number of carbonyl (C=O) groups excluding carboxylic acids is 2. The summed E-state index contributed by atoms with van der Waals surface area (Å²) in [6.07, 6.45) is 4.19. The minimum Gasteiger partial charge on any atom is -0.342 e. The second kappa shape index (κ2) is 8.00. The molecule has 1 aromatic carbocycles. The summed E-state index contributed by atoms with van der Waals surface area (Å²) in [5.41, 5.74) is 3.24. The highest BCUT2D eigenvalue weighted by Crippen LogP contribution is 2.21. The molecule has 136 valence electrons. The maximum Gasteiger partial charge on any atom is 0.238 e. The van der Waals surface area contributed by atoms with Crippen LogP contribution < -0.4 is 5.32 Å². The zero-order valence-corrected chi connectivity index (χ0v) is 15.4. The maximum atomic E-state index is 12.6. The van der Waals surface area contributed by atoms with Gasteiger partial charge >= 0.3 is 0 Å². The first-order valence-corrected chi connectivity index (χ1v) is 9.41. The van der Waals surface area contributed by atoms with Gasteiger partial charge in [-0.25, -0.2) is 0 Å². The Balaban J connectivity index is 1.52. The zero-order chi connectivity index (χ0) is 17.8. The smallest absolute Gasteiger partial charge is 0.238 e. The Morgan fingerprint density at radius 3 is 2.56 bits per heavy atom. The number of hydrogen-bond donors (Lipinski definition) is 1. The van der Waals surface area contributed by atoms with Gasteiger partial charge in [0.05, 0.1) is 12.5 Å². The van der Waals surface area contributed by atoms with E-state index in [9.17, 15) is 9.59 Å². The number of benzene rings is 1. The van der Waals surface area contributed by atoms with Gasteiger partial charge in [0.1, 0.15) is 0 Å². The lowest BCUT2D eigenvalue weighted by Gasteiger charge is -2.33. The number of anilines is 1. The second-order valence-corrected chi connectivity index (χ2v) is 7.45. The Hall–Kier alpha value is -1.88. The normalized spacial score (nSPS) is 21.4. The Kier molecular flexibility index (Phi) is 5.74. The topological polar surface area (TPSA) is 52.7 Å². The molecule has 2 aliphatic heterocycles. The fourth-order valence-corrected chi connectivity index (χ4v) is 3.82. The first-order chi connectivity index (χ1) is 12.0. The van der Waals surface area contributed by atoms with E-state index in [4.69, 9.17) is 0 Å². The first-order valence-electron chi connectivity index (χ1n) is 9.41. The molecule has 2 heterocycles. The Labute approximate surface area is 150 Å². The molecular formula is C20H29N3O2. The second-order valence-electron chi connectivity index (χ2n) is 7.45. The third-order valence-electron chi connectivity index (χ3n) is 5.43. The van der Waals surface area contributed by atoms with E-state index < -0.39 is 0 Å². The molecule has 0 aromatic heterocycles. The number of aryl methyl sites for hydroxylation is 2. The van der Waals surface area contributed by atoms with E-state index in [1.165, 1.54) is 11.1 Å². The van der Waals surface area contributed by atoms with E-state index >= 15 is 0 Å². The number of nitrogens with zero attached hydrogens (tertiary/aromatic N) is 2. The largest absolute Gasteiger partial charge is 0.342 e. The highest BCUT2D eigenvalue weighted by atomic mass is 16.2. The molecule has 0 spiro atoms. The minimum atomic E-state index is -0.00229. The number of likely N-dealkylation sites (tertiary alicyclic amines) is 2. The summed E-state index contributed by atoms with van der Waals surface area (Å²) in [5.74, 6) is 0.343. The summed E-state index contributed by atoms with van der Waals surface area (Å²) >= 11 is 0. The number of rotatable bonds is 4. The van der Waals surface area contributed by atoms with Crippen molar-refractivity contribution in [1.29, 1.82) is 0 Å². The molecule has 2 aliphatic rings. The molecule has 2 fully saturated rings. The molecule has 0 radical (unpaired) electrons. The van der Waals surface area contributed by atoms with E-state index in [1.54, 1.807) is 0 Å². The van der Waals surface area contributed by atoms with Crippen LogP contribution >= 0.6 is 0 Å². The molecule has 2 saturated heterocycles. The van der Waals surface area contributed by atoms with Crippen molar-refractivity contribution in [2.45, 2.75) is 39.5 Å². The van der Waals surface area contributed by atoms with E-state index in [-0.39, 0.29) is 17.7 Å². The first kappa shape index (κ1) is 17.9. The van der Waals surface area contributed by atoms with Crippen LogP contribution in [0.25, 0.3) is 0 Å². The van der Waals surface area contributed by atoms with Gasteiger partial charge in [-0.2, -0.15) is 0 Å². The molecule has 1 aromatic rings. The molecule has 2 amide bonds. The third-order valence-corrected chi connectivity index (χ3v) is 5.43. The van der Waals surface area contributed by atoms with Crippen LogP contribution in [-0.2, 0) is 9.59 Å². The van der Waals surface area contributed by atoms with E-state index in [0.717, 1.165) is 51.0 Å². The average molecular weight is 343 g/mol. The lowest BCUT2D eigenvalue weighted by molar-refractivity contribution is -0.136. The van der Waals surface area contributed by atoms with Gasteiger partial charge in [-0.05, 0) is 69.3 Å². The van der Waals surface area contributed by atoms with Gasteiger partial charge in [0.2, 0.25) is 11.8 Å². The van der Waals surface area contributed by atoms with Crippen molar-refractivity contribution in [2.24, 2.45) is 5.92 Å². The van der Waals surface area contributed by atoms with Crippen molar-refractivity contribution >= 4 is 17.5 Å². The van der Waals surface area contributed by atoms with Gasteiger partial charge < -0.3 is 10.2 Å². The van der Waals surface area contributed by atoms with Crippen molar-refractivity contribution in [3.63, 3.8) is 0 Å². The fourth-order valence-electron chi connectivity index (χ4n) is 3.82. The number of hydrogen-bond acceptors (Lipinski definition) is 3. The molecule has 0 aliphatic carbocycles. The summed E-state index contributed by atoms with van der Waals surface area (Å²) in [5, 5.41) is 2.98. The van der Waals surface area contributed by atoms with Gasteiger partial charge in [-0.15, -0.1) is 0 Å². The molecule has 0 bridgehead atoms. The molecule has 1 N–H and O–H groups in total. The van der Waals surface area contributed by atoms with Gasteiger partial charge in [0.25, 0.3) is 0 Å². The summed E-state index contributed by atoms with van der Waals surface area (Å²) in [6.45, 7) is 7.87. The van der Waals surface area contributed by atoms with Crippen LogP contribution in [0, 0.1) is 19.8 Å². The quantitative estimate of drug-likeness (QED) is 0.914. The predicted molar refractivity (Wildman–Crippen MR) is 99.5 cm³/mol. The summed E-state index contributed by atoms with van der Waals surface area (Å²) in [6, 6.07) is 5.97. The van der Waals surface area contributed by atoms with Gasteiger partial charge in [-0.1, -0.05) is 6.07 Å². The molecule has 0 saturated carbocycles. The minimum absolute atomic E-state index is 0.00229. The highest BCUT2D eigenvalue weighted by molar-refractivity contribution is 5.92. The SMILES string of the molecule is Cc1ccc(NC(=O)CN2CCC[C@H](C(=O)N3CCCC3)C2)cc1C. The van der Waals surface area contributed by atoms with Crippen LogP contribution in [0.4, 0.5) is 5.69 Å². The van der Waals surface area contributed by atoms with Crippen LogP contribution in [0.5, 0.6) is 0 Å². The average Bonchev–Trinajstić information content (AvgIpc) is 3.12. The standard InChI is InChI=1S/C20H29N3O2/c1-15-7-8-18(12-16(15)2)21-19(24)14-22-9-5-6-17(13-22)20(25)23-10-3-4-11-23/h7-8,12,17H,3-6,9-11,13-14H2,1-2H3,(H,21,24)/t17-/m0/s1. The van der Waals surface area contributed by atoms with Crippen LogP contribution in [-0.4, -0.2) is 54.3 Å². The van der Waals surface area contributed by atoms with Gasteiger partial charge in [0.15, 0.2) is 0 Å². The Morgan fingerprint density at radius 1 is 1.08 bits per heavy atom. The molecule has 3 rings (SSSR count). The number of nitrogens with one attached hydrogen (secondary N) is 1. The van der Waals surface area contributed by atoms with Crippen molar-refractivity contribution in [1.82, 2.24) is 9.80 Å². The molecular weight excluding hydrogens is 314 g/mol. The lowest BCUT2D eigenvalue weighted by atomic mass is 9.96. The maximum absolute atomic E-state index is 12.6. The molecule has 5 nitrogen and oxygen atoms in total. The number of amides is 2. The van der Waals surface area contributed by atoms with Crippen LogP contribution in [0.1, 0.15) is 36.8 Å². The van der Waals surface area contributed by atoms with Crippen LogP contribution in [0.15, 0.2) is 18.2 Å². The lowest BCUT2D eigenvalue weighted by Crippen LogP contribution is -2.46. The van der Waals surface area contributed by atoms with Crippen molar-refractivity contribution in [3.05, 3.63) is 29.3 Å². The van der Waals surface area contributed by atoms with E-state index in [1.807, 2.05) is 30.0 Å². The Bertz CT molecular complexity index is 638.